The lowest BCUT2D eigenvalue weighted by Crippen LogP contribution is -2.26. The Morgan fingerprint density at radius 1 is 0.892 bits per heavy atom. The number of allylic oxidation sites excluding steroid dienone is 2. The van der Waals surface area contributed by atoms with Crippen LogP contribution < -0.4 is 10.1 Å². The summed E-state index contributed by atoms with van der Waals surface area (Å²) in [4.78, 5) is 47.2. The maximum absolute atomic E-state index is 13.2. The van der Waals surface area contributed by atoms with Gasteiger partial charge in [0.2, 0.25) is 23.1 Å². The third-order valence-electron chi connectivity index (χ3n) is 5.80. The number of nitrogens with one attached hydrogen (secondary N) is 1. The van der Waals surface area contributed by atoms with E-state index in [1.807, 2.05) is 6.07 Å². The average Bonchev–Trinajstić information content (AvgIpc) is 2.93. The van der Waals surface area contributed by atoms with Gasteiger partial charge in [0, 0.05) is 41.7 Å². The van der Waals surface area contributed by atoms with E-state index >= 15 is 0 Å². The SMILES string of the molecule is COC1=C(OC)C(=O)C(Cc2ccc(OCc3cccnc3)c(C(=O)Nc3cccnc3)c2)=C(C)C1=O. The molecule has 0 spiro atoms. The molecule has 9 nitrogen and oxygen atoms in total. The largest absolute Gasteiger partial charge is 0.489 e. The molecule has 0 bridgehead atoms. The van der Waals surface area contributed by atoms with Crippen molar-refractivity contribution >= 4 is 23.2 Å². The molecule has 37 heavy (non-hydrogen) atoms. The number of pyridine rings is 2. The van der Waals surface area contributed by atoms with Crippen molar-refractivity contribution < 1.29 is 28.6 Å². The molecule has 4 rings (SSSR count). The first-order valence-electron chi connectivity index (χ1n) is 11.4. The summed E-state index contributed by atoms with van der Waals surface area (Å²) in [5, 5.41) is 2.81. The highest BCUT2D eigenvalue weighted by molar-refractivity contribution is 6.23. The normalized spacial score (nSPS) is 13.5. The third kappa shape index (κ3) is 5.56. The lowest BCUT2D eigenvalue weighted by atomic mass is 9.88. The number of benzene rings is 1. The van der Waals surface area contributed by atoms with Crippen molar-refractivity contribution in [2.45, 2.75) is 20.0 Å². The highest BCUT2D eigenvalue weighted by atomic mass is 16.5. The smallest absolute Gasteiger partial charge is 0.259 e. The van der Waals surface area contributed by atoms with Crippen LogP contribution in [0, 0.1) is 0 Å². The van der Waals surface area contributed by atoms with Crippen molar-refractivity contribution in [3.63, 3.8) is 0 Å². The monoisotopic (exact) mass is 499 g/mol. The first-order chi connectivity index (χ1) is 17.9. The van der Waals surface area contributed by atoms with E-state index in [9.17, 15) is 14.4 Å². The molecule has 0 radical (unpaired) electrons. The molecule has 9 heteroatoms. The number of hydrogen-bond acceptors (Lipinski definition) is 8. The summed E-state index contributed by atoms with van der Waals surface area (Å²) >= 11 is 0. The molecule has 2 aromatic heterocycles. The summed E-state index contributed by atoms with van der Waals surface area (Å²) in [6.07, 6.45) is 6.59. The molecule has 1 amide bonds. The number of rotatable bonds is 9. The molecule has 0 saturated heterocycles. The maximum atomic E-state index is 13.2. The zero-order valence-electron chi connectivity index (χ0n) is 20.6. The maximum Gasteiger partial charge on any atom is 0.259 e. The number of nitrogens with zero attached hydrogens (tertiary/aromatic N) is 2. The highest BCUT2D eigenvalue weighted by Crippen LogP contribution is 2.30. The van der Waals surface area contributed by atoms with Crippen LogP contribution in [0.3, 0.4) is 0 Å². The van der Waals surface area contributed by atoms with Crippen LogP contribution in [0.2, 0.25) is 0 Å². The van der Waals surface area contributed by atoms with E-state index in [0.29, 0.717) is 17.0 Å². The van der Waals surface area contributed by atoms with E-state index < -0.39 is 17.5 Å². The summed E-state index contributed by atoms with van der Waals surface area (Å²) in [6.45, 7) is 1.78. The van der Waals surface area contributed by atoms with Gasteiger partial charge in [-0.25, -0.2) is 0 Å². The lowest BCUT2D eigenvalue weighted by Gasteiger charge is -2.20. The molecule has 2 heterocycles. The van der Waals surface area contributed by atoms with E-state index in [2.05, 4.69) is 15.3 Å². The molecule has 0 fully saturated rings. The average molecular weight is 500 g/mol. The van der Waals surface area contributed by atoms with Gasteiger partial charge in [0.05, 0.1) is 31.7 Å². The molecule has 1 N–H and O–H groups in total. The zero-order chi connectivity index (χ0) is 26.4. The van der Waals surface area contributed by atoms with E-state index in [4.69, 9.17) is 14.2 Å². The Bertz CT molecular complexity index is 1400. The topological polar surface area (TPSA) is 117 Å². The fourth-order valence-corrected chi connectivity index (χ4v) is 3.88. The van der Waals surface area contributed by atoms with Gasteiger partial charge in [0.15, 0.2) is 0 Å². The van der Waals surface area contributed by atoms with Crippen LogP contribution in [-0.4, -0.2) is 41.7 Å². The number of methoxy groups -OCH3 is 2. The number of ketones is 2. The standard InChI is InChI=1S/C28H25N3O6/c1-17-21(25(33)27(36-3)26(35-2)24(17)32)12-18-8-9-23(37-16-19-6-4-10-29-14-19)22(13-18)28(34)31-20-7-5-11-30-15-20/h4-11,13-15H,12,16H2,1-3H3,(H,31,34). The molecule has 3 aromatic rings. The van der Waals surface area contributed by atoms with Crippen molar-refractivity contribution in [3.8, 4) is 5.75 Å². The van der Waals surface area contributed by atoms with Crippen molar-refractivity contribution in [3.05, 3.63) is 107 Å². The molecule has 0 unspecified atom stereocenters. The molecule has 0 aliphatic heterocycles. The van der Waals surface area contributed by atoms with Crippen LogP contribution in [0.15, 0.2) is 89.9 Å². The number of amides is 1. The first-order valence-corrected chi connectivity index (χ1v) is 11.4. The van der Waals surface area contributed by atoms with Gasteiger partial charge >= 0.3 is 0 Å². The molecule has 0 saturated carbocycles. The van der Waals surface area contributed by atoms with Gasteiger partial charge in [-0.15, -0.1) is 0 Å². The van der Waals surface area contributed by atoms with Crippen molar-refractivity contribution in [1.29, 1.82) is 0 Å². The van der Waals surface area contributed by atoms with Crippen LogP contribution in [0.25, 0.3) is 0 Å². The van der Waals surface area contributed by atoms with Gasteiger partial charge in [-0.3, -0.25) is 24.4 Å². The zero-order valence-corrected chi connectivity index (χ0v) is 20.6. The Morgan fingerprint density at radius 3 is 2.24 bits per heavy atom. The Morgan fingerprint density at radius 2 is 1.59 bits per heavy atom. The van der Waals surface area contributed by atoms with Crippen molar-refractivity contribution in [2.24, 2.45) is 0 Å². The summed E-state index contributed by atoms with van der Waals surface area (Å²) in [5.41, 5.74) is 2.79. The summed E-state index contributed by atoms with van der Waals surface area (Å²) < 4.78 is 16.2. The molecule has 0 atom stereocenters. The number of carbonyl (C=O) groups is 3. The summed E-state index contributed by atoms with van der Waals surface area (Å²) in [7, 11) is 2.63. The second-order valence-electron chi connectivity index (χ2n) is 8.18. The molecule has 1 aliphatic rings. The number of hydrogen-bond donors (Lipinski definition) is 1. The van der Waals surface area contributed by atoms with Gasteiger partial charge in [0.1, 0.15) is 12.4 Å². The minimum atomic E-state index is -0.435. The van der Waals surface area contributed by atoms with E-state index in [-0.39, 0.29) is 41.3 Å². The van der Waals surface area contributed by atoms with Crippen LogP contribution in [0.1, 0.15) is 28.4 Å². The first kappa shape index (κ1) is 25.3. The van der Waals surface area contributed by atoms with Gasteiger partial charge < -0.3 is 19.5 Å². The minimum absolute atomic E-state index is 0.107. The highest BCUT2D eigenvalue weighted by Gasteiger charge is 2.34. The van der Waals surface area contributed by atoms with Crippen molar-refractivity contribution in [1.82, 2.24) is 9.97 Å². The van der Waals surface area contributed by atoms with E-state index in [1.54, 1.807) is 61.9 Å². The predicted molar refractivity (Wildman–Crippen MR) is 135 cm³/mol. The molecule has 188 valence electrons. The van der Waals surface area contributed by atoms with Gasteiger partial charge in [-0.2, -0.15) is 0 Å². The number of carbonyl (C=O) groups excluding carboxylic acids is 3. The lowest BCUT2D eigenvalue weighted by molar-refractivity contribution is -0.121. The Labute approximate surface area is 213 Å². The molecular weight excluding hydrogens is 474 g/mol. The third-order valence-corrected chi connectivity index (χ3v) is 5.80. The quantitative estimate of drug-likeness (QED) is 0.442. The Kier molecular flexibility index (Phi) is 7.73. The molecule has 1 aliphatic carbocycles. The van der Waals surface area contributed by atoms with E-state index in [1.165, 1.54) is 20.4 Å². The summed E-state index contributed by atoms with van der Waals surface area (Å²) in [5.74, 6) is -1.17. The van der Waals surface area contributed by atoms with Gasteiger partial charge in [-0.1, -0.05) is 12.1 Å². The molecular formula is C28H25N3O6. The second-order valence-corrected chi connectivity index (χ2v) is 8.18. The second kappa shape index (κ2) is 11.3. The number of anilines is 1. The van der Waals surface area contributed by atoms with Crippen LogP contribution >= 0.6 is 0 Å². The number of Topliss-reactive ketones (excluding diaryl/α,β-unsaturated/α-hetero) is 2. The number of ether oxygens (including phenoxy) is 3. The summed E-state index contributed by atoms with van der Waals surface area (Å²) in [6, 6.07) is 12.2. The minimum Gasteiger partial charge on any atom is -0.489 e. The fourth-order valence-electron chi connectivity index (χ4n) is 3.88. The predicted octanol–water partition coefficient (Wildman–Crippen LogP) is 3.82. The Hall–Kier alpha value is -4.79. The van der Waals surface area contributed by atoms with Gasteiger partial charge in [0.25, 0.3) is 5.91 Å². The van der Waals surface area contributed by atoms with Crippen LogP contribution in [0.5, 0.6) is 5.75 Å². The fraction of sp³-hybridized carbons (Fsp3) is 0.179. The molecule has 1 aromatic carbocycles. The number of aromatic nitrogens is 2. The Balaban J connectivity index is 1.66. The van der Waals surface area contributed by atoms with Crippen LogP contribution in [-0.2, 0) is 32.1 Å². The van der Waals surface area contributed by atoms with Crippen LogP contribution in [0.4, 0.5) is 5.69 Å². The van der Waals surface area contributed by atoms with Crippen molar-refractivity contribution in [2.75, 3.05) is 19.5 Å². The van der Waals surface area contributed by atoms with E-state index in [0.717, 1.165) is 5.56 Å². The van der Waals surface area contributed by atoms with Gasteiger partial charge in [-0.05, 0) is 42.8 Å².